The molecule has 3 rings (SSSR count). The van der Waals surface area contributed by atoms with Gasteiger partial charge in [-0.2, -0.15) is 0 Å². The molecule has 0 aliphatic rings. The molecule has 0 fully saturated rings. The van der Waals surface area contributed by atoms with Gasteiger partial charge in [-0.05, 0) is 41.5 Å². The van der Waals surface area contributed by atoms with Crippen molar-refractivity contribution in [2.75, 3.05) is 33.1 Å². The molecule has 0 radical (unpaired) electrons. The van der Waals surface area contributed by atoms with Gasteiger partial charge in [-0.1, -0.05) is 18.2 Å². The van der Waals surface area contributed by atoms with Gasteiger partial charge in [0.1, 0.15) is 12.3 Å². The third-order valence-electron chi connectivity index (χ3n) is 5.08. The molecule has 0 saturated carbocycles. The second-order valence-corrected chi connectivity index (χ2v) is 7.50. The molecule has 0 aliphatic carbocycles. The van der Waals surface area contributed by atoms with Crippen molar-refractivity contribution in [2.24, 2.45) is 0 Å². The highest BCUT2D eigenvalue weighted by Crippen LogP contribution is 2.32. The zero-order chi connectivity index (χ0) is 22.5. The van der Waals surface area contributed by atoms with E-state index in [4.69, 9.17) is 9.47 Å². The number of ether oxygens (including phenoxy) is 2. The van der Waals surface area contributed by atoms with Gasteiger partial charge in [-0.25, -0.2) is 0 Å². The van der Waals surface area contributed by atoms with E-state index < -0.39 is 4.92 Å². The van der Waals surface area contributed by atoms with E-state index in [0.717, 1.165) is 27.0 Å². The minimum absolute atomic E-state index is 0.111. The highest BCUT2D eigenvalue weighted by molar-refractivity contribution is 5.92. The number of nitrogens with zero attached hydrogens (tertiary/aromatic N) is 1. The maximum Gasteiger partial charge on any atom is 0.311 e. The number of hydrogen-bond acceptors (Lipinski definition) is 5. The lowest BCUT2D eigenvalue weighted by Gasteiger charge is -2.15. The van der Waals surface area contributed by atoms with Gasteiger partial charge in [-0.15, -0.1) is 0 Å². The highest BCUT2D eigenvalue weighted by atomic mass is 16.6. The summed E-state index contributed by atoms with van der Waals surface area (Å²) in [6.07, 6.45) is 0. The Labute approximate surface area is 180 Å². The first-order chi connectivity index (χ1) is 14.8. The minimum atomic E-state index is -0.505. The van der Waals surface area contributed by atoms with Crippen LogP contribution < -0.4 is 19.7 Å². The summed E-state index contributed by atoms with van der Waals surface area (Å²) in [7, 11) is 4.95. The van der Waals surface area contributed by atoms with E-state index in [1.807, 2.05) is 31.3 Å². The Balaban J connectivity index is 1.66. The lowest BCUT2D eigenvalue weighted by molar-refractivity contribution is -0.885. The fraction of sp³-hybridized carbons (Fsp3) is 0.261. The van der Waals surface area contributed by atoms with Crippen LogP contribution in [0.15, 0.2) is 48.5 Å². The monoisotopic (exact) mass is 424 g/mol. The van der Waals surface area contributed by atoms with Gasteiger partial charge in [0.25, 0.3) is 5.91 Å². The van der Waals surface area contributed by atoms with Gasteiger partial charge in [0.2, 0.25) is 0 Å². The van der Waals surface area contributed by atoms with Crippen LogP contribution in [-0.2, 0) is 11.3 Å². The lowest BCUT2D eigenvalue weighted by Crippen LogP contribution is -3.08. The van der Waals surface area contributed by atoms with Crippen molar-refractivity contribution < 1.29 is 24.1 Å². The van der Waals surface area contributed by atoms with Crippen LogP contribution in [0.5, 0.6) is 11.5 Å². The number of nitrogens with one attached hydrogen (secondary N) is 2. The number of anilines is 1. The average Bonchev–Trinajstić information content (AvgIpc) is 2.74. The molecule has 1 unspecified atom stereocenters. The largest absolute Gasteiger partial charge is 0.497 e. The SMILES string of the molecule is COc1ccc2cc(C[NH+](C)CC(=O)Nc3cc(OC)c([N+](=O)[O-])cc3C)ccc2c1. The second kappa shape index (κ2) is 9.44. The van der Waals surface area contributed by atoms with E-state index in [9.17, 15) is 14.9 Å². The summed E-state index contributed by atoms with van der Waals surface area (Å²) in [5, 5.41) is 16.2. The zero-order valence-electron chi connectivity index (χ0n) is 18.0. The molecule has 3 aromatic rings. The number of carbonyl (C=O) groups is 1. The van der Waals surface area contributed by atoms with Gasteiger partial charge in [0, 0.05) is 23.4 Å². The van der Waals surface area contributed by atoms with E-state index in [1.165, 1.54) is 19.2 Å². The van der Waals surface area contributed by atoms with Gasteiger partial charge in [-0.3, -0.25) is 14.9 Å². The molecule has 8 nitrogen and oxygen atoms in total. The predicted molar refractivity (Wildman–Crippen MR) is 119 cm³/mol. The van der Waals surface area contributed by atoms with Crippen LogP contribution in [0.1, 0.15) is 11.1 Å². The topological polar surface area (TPSA) is 95.1 Å². The molecule has 2 N–H and O–H groups in total. The molecule has 0 aliphatic heterocycles. The maximum absolute atomic E-state index is 12.5. The first-order valence-electron chi connectivity index (χ1n) is 9.81. The van der Waals surface area contributed by atoms with Crippen LogP contribution in [0.2, 0.25) is 0 Å². The van der Waals surface area contributed by atoms with Crippen LogP contribution in [0, 0.1) is 17.0 Å². The molecular formula is C23H26N3O5+. The summed E-state index contributed by atoms with van der Waals surface area (Å²) in [6, 6.07) is 15.0. The van der Waals surface area contributed by atoms with Gasteiger partial charge < -0.3 is 19.7 Å². The summed E-state index contributed by atoms with van der Waals surface area (Å²) in [4.78, 5) is 24.2. The molecule has 3 aromatic carbocycles. The predicted octanol–water partition coefficient (Wildman–Crippen LogP) is 2.73. The highest BCUT2D eigenvalue weighted by Gasteiger charge is 2.19. The molecule has 31 heavy (non-hydrogen) atoms. The molecule has 0 spiro atoms. The Morgan fingerprint density at radius 1 is 1.06 bits per heavy atom. The van der Waals surface area contributed by atoms with Gasteiger partial charge in [0.15, 0.2) is 12.3 Å². The number of hydrogen-bond donors (Lipinski definition) is 2. The van der Waals surface area contributed by atoms with Crippen LogP contribution in [0.3, 0.4) is 0 Å². The third kappa shape index (κ3) is 5.29. The number of methoxy groups -OCH3 is 2. The maximum atomic E-state index is 12.5. The summed E-state index contributed by atoms with van der Waals surface area (Å²) in [6.45, 7) is 2.64. The number of nitro groups is 1. The van der Waals surface area contributed by atoms with E-state index in [0.29, 0.717) is 17.8 Å². The fourth-order valence-electron chi connectivity index (χ4n) is 3.50. The number of amides is 1. The molecule has 8 heteroatoms. The fourth-order valence-corrected chi connectivity index (χ4v) is 3.50. The molecule has 0 saturated heterocycles. The van der Waals surface area contributed by atoms with Crippen molar-refractivity contribution in [3.05, 3.63) is 69.8 Å². The van der Waals surface area contributed by atoms with E-state index in [1.54, 1.807) is 14.0 Å². The number of rotatable bonds is 8. The molecule has 1 amide bonds. The van der Waals surface area contributed by atoms with Crippen molar-refractivity contribution in [2.45, 2.75) is 13.5 Å². The summed E-state index contributed by atoms with van der Waals surface area (Å²) in [5.74, 6) is 0.749. The van der Waals surface area contributed by atoms with Crippen LogP contribution in [-0.4, -0.2) is 38.6 Å². The quantitative estimate of drug-likeness (QED) is 0.428. The second-order valence-electron chi connectivity index (χ2n) is 7.50. The van der Waals surface area contributed by atoms with Crippen molar-refractivity contribution in [1.29, 1.82) is 0 Å². The lowest BCUT2D eigenvalue weighted by atomic mass is 10.1. The average molecular weight is 424 g/mol. The van der Waals surface area contributed by atoms with Crippen molar-refractivity contribution in [3.8, 4) is 11.5 Å². The van der Waals surface area contributed by atoms with Gasteiger partial charge in [0.05, 0.1) is 26.2 Å². The van der Waals surface area contributed by atoms with Crippen LogP contribution in [0.4, 0.5) is 11.4 Å². The number of aryl methyl sites for hydroxylation is 1. The van der Waals surface area contributed by atoms with Crippen LogP contribution in [0.25, 0.3) is 10.8 Å². The Morgan fingerprint density at radius 2 is 1.77 bits per heavy atom. The Kier molecular flexibility index (Phi) is 6.71. The summed E-state index contributed by atoms with van der Waals surface area (Å²) in [5.41, 5.74) is 2.09. The number of carbonyl (C=O) groups excluding carboxylic acids is 1. The first-order valence-corrected chi connectivity index (χ1v) is 9.81. The first kappa shape index (κ1) is 22.0. The number of likely N-dealkylation sites (N-methyl/N-ethyl adjacent to an activating group) is 1. The Bertz CT molecular complexity index is 1130. The standard InChI is InChI=1S/C23H25N3O5/c1-15-9-21(26(28)29)22(31-4)12-20(15)24-23(27)14-25(2)13-16-5-6-18-11-19(30-3)8-7-17(18)10-16/h5-12H,13-14H2,1-4H3,(H,24,27)/p+1. The van der Waals surface area contributed by atoms with Gasteiger partial charge >= 0.3 is 5.69 Å². The minimum Gasteiger partial charge on any atom is -0.497 e. The number of nitro benzene ring substituents is 1. The van der Waals surface area contributed by atoms with Crippen LogP contribution >= 0.6 is 0 Å². The molecule has 1 atom stereocenters. The molecule has 0 bridgehead atoms. The van der Waals surface area contributed by atoms with E-state index >= 15 is 0 Å². The summed E-state index contributed by atoms with van der Waals surface area (Å²) < 4.78 is 10.3. The molecule has 0 heterocycles. The normalized spacial score (nSPS) is 11.7. The van der Waals surface area contributed by atoms with Crippen molar-refractivity contribution in [1.82, 2.24) is 0 Å². The van der Waals surface area contributed by atoms with Crippen molar-refractivity contribution >= 4 is 28.1 Å². The number of quaternary nitrogens is 1. The molecular weight excluding hydrogens is 398 g/mol. The van der Waals surface area contributed by atoms with Crippen molar-refractivity contribution in [3.63, 3.8) is 0 Å². The molecule has 162 valence electrons. The Morgan fingerprint density at radius 3 is 2.45 bits per heavy atom. The number of fused-ring (bicyclic) bond motifs is 1. The van der Waals surface area contributed by atoms with E-state index in [2.05, 4.69) is 17.4 Å². The smallest absolute Gasteiger partial charge is 0.311 e. The molecule has 0 aromatic heterocycles. The zero-order valence-corrected chi connectivity index (χ0v) is 18.0. The summed E-state index contributed by atoms with van der Waals surface area (Å²) >= 11 is 0. The Hall–Kier alpha value is -3.65. The third-order valence-corrected chi connectivity index (χ3v) is 5.08. The van der Waals surface area contributed by atoms with E-state index in [-0.39, 0.29) is 23.9 Å². The number of benzene rings is 3.